The average molecular weight is 479 g/mol. The number of nitrogens with zero attached hydrogens (tertiary/aromatic N) is 2. The molecule has 0 heterocycles. The minimum atomic E-state index is -1.03. The third-order valence-corrected chi connectivity index (χ3v) is 5.89. The molecule has 0 amide bonds. The van der Waals surface area contributed by atoms with E-state index in [4.69, 9.17) is 0 Å². The predicted molar refractivity (Wildman–Crippen MR) is 143 cm³/mol. The Bertz CT molecular complexity index is 1430. The molecule has 3 aromatic rings. The zero-order valence-corrected chi connectivity index (χ0v) is 20.1. The molecule has 2 N–H and O–H groups in total. The fourth-order valence-corrected chi connectivity index (χ4v) is 3.91. The highest BCUT2D eigenvalue weighted by Gasteiger charge is 2.13. The molecule has 0 bridgehead atoms. The van der Waals surface area contributed by atoms with Crippen molar-refractivity contribution in [3.63, 3.8) is 0 Å². The van der Waals surface area contributed by atoms with Crippen molar-refractivity contribution in [2.24, 2.45) is 9.98 Å². The minimum absolute atomic E-state index is 0.145. The summed E-state index contributed by atoms with van der Waals surface area (Å²) in [4.78, 5) is 32.5. The second-order valence-electron chi connectivity index (χ2n) is 8.56. The summed E-state index contributed by atoms with van der Waals surface area (Å²) in [7, 11) is 0. The summed E-state index contributed by atoms with van der Waals surface area (Å²) in [5.74, 6) is -2.02. The Kier molecular flexibility index (Phi) is 7.35. The van der Waals surface area contributed by atoms with Crippen LogP contribution >= 0.6 is 0 Å². The number of hydrogen-bond acceptors (Lipinski definition) is 4. The Morgan fingerprint density at radius 1 is 0.722 bits per heavy atom. The van der Waals surface area contributed by atoms with Crippen LogP contribution in [-0.4, -0.2) is 33.6 Å². The summed E-state index contributed by atoms with van der Waals surface area (Å²) in [6, 6.07) is 18.5. The number of carbonyl (C=O) groups is 2. The summed E-state index contributed by atoms with van der Waals surface area (Å²) in [6.45, 7) is 3.93. The first-order valence-electron chi connectivity index (χ1n) is 11.6. The molecule has 4 rings (SSSR count). The number of carboxylic acids is 2. The topological polar surface area (TPSA) is 99.3 Å². The molecule has 1 aliphatic carbocycles. The Balaban J connectivity index is 1.54. The van der Waals surface area contributed by atoms with E-state index < -0.39 is 11.9 Å². The molecule has 0 atom stereocenters. The van der Waals surface area contributed by atoms with Gasteiger partial charge >= 0.3 is 11.9 Å². The Morgan fingerprint density at radius 2 is 1.33 bits per heavy atom. The maximum absolute atomic E-state index is 11.9. The van der Waals surface area contributed by atoms with Crippen LogP contribution in [-0.2, 0) is 12.8 Å². The number of aliphatic imine (C=N–C) groups is 2. The van der Waals surface area contributed by atoms with Crippen molar-refractivity contribution in [3.05, 3.63) is 118 Å². The van der Waals surface area contributed by atoms with Crippen molar-refractivity contribution < 1.29 is 19.8 Å². The molecule has 180 valence electrons. The molecule has 0 radical (unpaired) electrons. The van der Waals surface area contributed by atoms with Gasteiger partial charge in [-0.25, -0.2) is 19.6 Å². The summed E-state index contributed by atoms with van der Waals surface area (Å²) in [5, 5.41) is 19.2. The number of aromatic carboxylic acids is 2. The van der Waals surface area contributed by atoms with E-state index in [2.05, 4.69) is 29.0 Å². The Labute approximate surface area is 209 Å². The van der Waals surface area contributed by atoms with E-state index in [1.807, 2.05) is 37.3 Å². The lowest BCUT2D eigenvalue weighted by Gasteiger charge is -2.09. The fourth-order valence-electron chi connectivity index (χ4n) is 3.91. The number of carboxylic acid groups (broad SMARTS) is 2. The first kappa shape index (κ1) is 24.5. The molecule has 0 spiro atoms. The summed E-state index contributed by atoms with van der Waals surface area (Å²) in [6.07, 6.45) is 8.50. The molecule has 3 aromatic carbocycles. The average Bonchev–Trinajstić information content (AvgIpc) is 2.87. The maximum atomic E-state index is 11.9. The largest absolute Gasteiger partial charge is 0.478 e. The highest BCUT2D eigenvalue weighted by atomic mass is 16.4. The van der Waals surface area contributed by atoms with Gasteiger partial charge < -0.3 is 10.2 Å². The number of hydrogen-bond donors (Lipinski definition) is 2. The van der Waals surface area contributed by atoms with E-state index in [1.54, 1.807) is 42.5 Å². The molecule has 0 saturated heterocycles. The van der Waals surface area contributed by atoms with Crippen LogP contribution in [0.3, 0.4) is 0 Å². The van der Waals surface area contributed by atoms with Gasteiger partial charge in [0, 0.05) is 0 Å². The monoisotopic (exact) mass is 478 g/mol. The van der Waals surface area contributed by atoms with Gasteiger partial charge in [0.25, 0.3) is 0 Å². The van der Waals surface area contributed by atoms with Crippen LogP contribution in [0.5, 0.6) is 0 Å². The van der Waals surface area contributed by atoms with Crippen LogP contribution in [0.1, 0.15) is 49.9 Å². The Morgan fingerprint density at radius 3 is 1.94 bits per heavy atom. The molecular weight excluding hydrogens is 452 g/mol. The predicted octanol–water partition coefficient (Wildman–Crippen LogP) is 6.52. The zero-order valence-electron chi connectivity index (χ0n) is 20.1. The van der Waals surface area contributed by atoms with E-state index in [-0.39, 0.29) is 11.1 Å². The van der Waals surface area contributed by atoms with Crippen molar-refractivity contribution >= 4 is 34.7 Å². The van der Waals surface area contributed by atoms with Gasteiger partial charge in [0.05, 0.1) is 33.9 Å². The minimum Gasteiger partial charge on any atom is -0.478 e. The molecular formula is C30H26N2O4. The standard InChI is InChI=1S/C30H26N2O4/c1-3-20-5-7-21(8-6-20)17-22-9-10-25(18-26(22)29(33)34)31-23-11-13-24(14-12-23)32-28-15-4-19(2)16-27(28)30(35)36/h4-16,18H,3,17H2,1-2H3,(H,33,34)(H,35,36). The molecule has 0 aromatic heterocycles. The van der Waals surface area contributed by atoms with Crippen molar-refractivity contribution in [1.82, 2.24) is 0 Å². The van der Waals surface area contributed by atoms with Crippen LogP contribution in [0.25, 0.3) is 0 Å². The molecule has 1 aliphatic rings. The quantitative estimate of drug-likeness (QED) is 0.378. The highest BCUT2D eigenvalue weighted by molar-refractivity contribution is 6.19. The van der Waals surface area contributed by atoms with Gasteiger partial charge in [-0.15, -0.1) is 0 Å². The molecule has 36 heavy (non-hydrogen) atoms. The summed E-state index contributed by atoms with van der Waals surface area (Å²) >= 11 is 0. The summed E-state index contributed by atoms with van der Waals surface area (Å²) in [5.41, 5.74) is 6.39. The van der Waals surface area contributed by atoms with Crippen molar-refractivity contribution in [2.75, 3.05) is 0 Å². The lowest BCUT2D eigenvalue weighted by Crippen LogP contribution is -2.04. The second kappa shape index (κ2) is 10.8. The molecule has 0 unspecified atom stereocenters. The Hall–Kier alpha value is -4.58. The normalized spacial score (nSPS) is 12.5. The number of allylic oxidation sites excluding steroid dienone is 4. The summed E-state index contributed by atoms with van der Waals surface area (Å²) < 4.78 is 0. The number of rotatable bonds is 7. The van der Waals surface area contributed by atoms with Crippen LogP contribution in [0.15, 0.2) is 95.0 Å². The van der Waals surface area contributed by atoms with Crippen molar-refractivity contribution in [3.8, 4) is 0 Å². The van der Waals surface area contributed by atoms with Gasteiger partial charge in [-0.2, -0.15) is 0 Å². The van der Waals surface area contributed by atoms with E-state index >= 15 is 0 Å². The molecule has 0 aliphatic heterocycles. The van der Waals surface area contributed by atoms with E-state index in [1.165, 1.54) is 5.56 Å². The number of aryl methyl sites for hydroxylation is 2. The number of benzene rings is 3. The first-order valence-corrected chi connectivity index (χ1v) is 11.6. The van der Waals surface area contributed by atoms with Gasteiger partial charge in [0.15, 0.2) is 0 Å². The third kappa shape index (κ3) is 5.91. The maximum Gasteiger partial charge on any atom is 0.337 e. The SMILES string of the molecule is CCc1ccc(Cc2ccc(N=C3C=CC(=Nc4ccc(C)cc4C(=O)O)C=C3)cc2C(=O)O)cc1. The molecule has 0 saturated carbocycles. The smallest absolute Gasteiger partial charge is 0.337 e. The van der Waals surface area contributed by atoms with Crippen LogP contribution in [0, 0.1) is 6.92 Å². The van der Waals surface area contributed by atoms with E-state index in [9.17, 15) is 19.8 Å². The van der Waals surface area contributed by atoms with Gasteiger partial charge in [-0.3, -0.25) is 0 Å². The van der Waals surface area contributed by atoms with Gasteiger partial charge in [0.1, 0.15) is 0 Å². The van der Waals surface area contributed by atoms with Gasteiger partial charge in [0.2, 0.25) is 0 Å². The molecule has 6 nitrogen and oxygen atoms in total. The molecule has 6 heteroatoms. The van der Waals surface area contributed by atoms with Crippen molar-refractivity contribution in [1.29, 1.82) is 0 Å². The van der Waals surface area contributed by atoms with Crippen molar-refractivity contribution in [2.45, 2.75) is 26.7 Å². The van der Waals surface area contributed by atoms with E-state index in [0.717, 1.165) is 23.1 Å². The fraction of sp³-hybridized carbons (Fsp3) is 0.133. The van der Waals surface area contributed by atoms with Crippen LogP contribution < -0.4 is 0 Å². The third-order valence-electron chi connectivity index (χ3n) is 5.89. The van der Waals surface area contributed by atoms with Crippen LogP contribution in [0.4, 0.5) is 11.4 Å². The van der Waals surface area contributed by atoms with Gasteiger partial charge in [-0.05, 0) is 85.0 Å². The second-order valence-corrected chi connectivity index (χ2v) is 8.56. The lowest BCUT2D eigenvalue weighted by molar-refractivity contribution is 0.0686. The van der Waals surface area contributed by atoms with Gasteiger partial charge in [-0.1, -0.05) is 48.9 Å². The highest BCUT2D eigenvalue weighted by Crippen LogP contribution is 2.24. The first-order chi connectivity index (χ1) is 17.3. The van der Waals surface area contributed by atoms with Crippen LogP contribution in [0.2, 0.25) is 0 Å². The molecule has 0 fully saturated rings. The lowest BCUT2D eigenvalue weighted by atomic mass is 9.98. The zero-order chi connectivity index (χ0) is 25.7. The van der Waals surface area contributed by atoms with E-state index in [0.29, 0.717) is 29.2 Å².